The Balaban J connectivity index is 1.39. The zero-order valence-electron chi connectivity index (χ0n) is 25.2. The molecule has 0 bridgehead atoms. The molecule has 0 radical (unpaired) electrons. The van der Waals surface area contributed by atoms with E-state index in [0.29, 0.717) is 12.4 Å². The van der Waals surface area contributed by atoms with Crippen LogP contribution in [-0.2, 0) is 12.0 Å². The third-order valence-corrected chi connectivity index (χ3v) is 9.18. The van der Waals surface area contributed by atoms with Crippen LogP contribution in [0.4, 0.5) is 0 Å². The van der Waals surface area contributed by atoms with E-state index in [4.69, 9.17) is 9.98 Å². The van der Waals surface area contributed by atoms with E-state index in [1.54, 1.807) is 0 Å². The van der Waals surface area contributed by atoms with Gasteiger partial charge in [0.2, 0.25) is 0 Å². The summed E-state index contributed by atoms with van der Waals surface area (Å²) in [6, 6.07) is 54.0. The van der Waals surface area contributed by atoms with E-state index in [9.17, 15) is 0 Å². The number of nitrogens with zero attached hydrogens (tertiary/aromatic N) is 2. The standard InChI is InChI=1S/C43H32N2/c1-29(2)41(45-42(31-18-7-4-8-19-31)44-28-30-16-5-3-6-17-30)35-23-15-27-39-40(35)34-22-11-14-26-38(34)43(39)36-24-12-9-20-32(36)33-21-10-13-25-37(33)43/h3-27H,1,28H2,2H3/b44-42-,45-41+. The highest BCUT2D eigenvalue weighted by atomic mass is 14.9. The van der Waals surface area contributed by atoms with Gasteiger partial charge in [0, 0.05) is 11.1 Å². The molecule has 0 fully saturated rings. The molecule has 6 aromatic carbocycles. The van der Waals surface area contributed by atoms with Crippen molar-refractivity contribution in [3.05, 3.63) is 203 Å². The van der Waals surface area contributed by atoms with Crippen molar-refractivity contribution in [3.63, 3.8) is 0 Å². The molecule has 2 nitrogen and oxygen atoms in total. The fourth-order valence-electron chi connectivity index (χ4n) is 7.36. The first-order chi connectivity index (χ1) is 22.2. The molecule has 2 aliphatic rings. The maximum Gasteiger partial charge on any atom is 0.155 e. The summed E-state index contributed by atoms with van der Waals surface area (Å²) < 4.78 is 0. The van der Waals surface area contributed by atoms with Crippen LogP contribution in [0.3, 0.4) is 0 Å². The van der Waals surface area contributed by atoms with Crippen molar-refractivity contribution >= 4 is 11.5 Å². The highest BCUT2D eigenvalue weighted by Crippen LogP contribution is 2.63. The topological polar surface area (TPSA) is 24.7 Å². The Morgan fingerprint density at radius 3 is 1.69 bits per heavy atom. The number of amidine groups is 1. The van der Waals surface area contributed by atoms with Gasteiger partial charge in [-0.3, -0.25) is 4.99 Å². The van der Waals surface area contributed by atoms with Gasteiger partial charge in [-0.25, -0.2) is 4.99 Å². The number of rotatable bonds is 5. The van der Waals surface area contributed by atoms with Gasteiger partial charge >= 0.3 is 0 Å². The van der Waals surface area contributed by atoms with Gasteiger partial charge < -0.3 is 0 Å². The zero-order chi connectivity index (χ0) is 30.4. The number of hydrogen-bond donors (Lipinski definition) is 0. The Bertz CT molecular complexity index is 2110. The molecular weight excluding hydrogens is 544 g/mol. The van der Waals surface area contributed by atoms with Gasteiger partial charge in [0.25, 0.3) is 0 Å². The minimum absolute atomic E-state index is 0.404. The van der Waals surface area contributed by atoms with Gasteiger partial charge in [-0.05, 0) is 62.6 Å². The predicted molar refractivity (Wildman–Crippen MR) is 187 cm³/mol. The Morgan fingerprint density at radius 1 is 0.556 bits per heavy atom. The highest BCUT2D eigenvalue weighted by molar-refractivity contribution is 6.22. The second kappa shape index (κ2) is 10.8. The molecule has 6 aromatic rings. The second-order valence-electron chi connectivity index (χ2n) is 11.8. The highest BCUT2D eigenvalue weighted by Gasteiger charge is 2.52. The fourth-order valence-corrected chi connectivity index (χ4v) is 7.36. The van der Waals surface area contributed by atoms with Crippen LogP contribution < -0.4 is 0 Å². The molecule has 0 saturated heterocycles. The van der Waals surface area contributed by atoms with Gasteiger partial charge in [0.05, 0.1) is 17.7 Å². The molecule has 0 unspecified atom stereocenters. The summed E-state index contributed by atoms with van der Waals surface area (Å²) in [4.78, 5) is 10.4. The lowest BCUT2D eigenvalue weighted by molar-refractivity contribution is 0.793. The Labute approximate surface area is 264 Å². The first kappa shape index (κ1) is 27.0. The van der Waals surface area contributed by atoms with E-state index in [1.807, 2.05) is 24.3 Å². The first-order valence-corrected chi connectivity index (χ1v) is 15.5. The fraction of sp³-hybridized carbons (Fsp3) is 0.0698. The normalized spacial score (nSPS) is 14.1. The Kier molecular flexibility index (Phi) is 6.50. The lowest BCUT2D eigenvalue weighted by atomic mass is 9.70. The van der Waals surface area contributed by atoms with E-state index >= 15 is 0 Å². The number of fused-ring (bicyclic) bond motifs is 10. The molecule has 0 saturated carbocycles. The molecular formula is C43H32N2. The van der Waals surface area contributed by atoms with Crippen molar-refractivity contribution in [1.29, 1.82) is 0 Å². The molecule has 2 aliphatic carbocycles. The molecule has 214 valence electrons. The molecule has 0 N–H and O–H groups in total. The van der Waals surface area contributed by atoms with E-state index in [1.165, 1.54) is 44.5 Å². The Morgan fingerprint density at radius 2 is 1.07 bits per heavy atom. The van der Waals surface area contributed by atoms with Crippen LogP contribution >= 0.6 is 0 Å². The maximum atomic E-state index is 5.35. The monoisotopic (exact) mass is 576 g/mol. The summed E-state index contributed by atoms with van der Waals surface area (Å²) in [5.41, 5.74) is 14.9. The molecule has 0 aliphatic heterocycles. The quantitative estimate of drug-likeness (QED) is 0.144. The van der Waals surface area contributed by atoms with Crippen LogP contribution in [0.15, 0.2) is 174 Å². The number of benzene rings is 6. The first-order valence-electron chi connectivity index (χ1n) is 15.5. The molecule has 0 heterocycles. The van der Waals surface area contributed by atoms with Gasteiger partial charge in [-0.15, -0.1) is 0 Å². The summed E-state index contributed by atoms with van der Waals surface area (Å²) in [5, 5.41) is 0. The van der Waals surface area contributed by atoms with Crippen LogP contribution in [0.5, 0.6) is 0 Å². The average Bonchev–Trinajstić information content (AvgIpc) is 3.57. The Hall–Kier alpha value is -5.60. The van der Waals surface area contributed by atoms with Crippen LogP contribution in [0.2, 0.25) is 0 Å². The van der Waals surface area contributed by atoms with Crippen molar-refractivity contribution in [2.75, 3.05) is 0 Å². The van der Waals surface area contributed by atoms with Crippen LogP contribution in [-0.4, -0.2) is 11.5 Å². The predicted octanol–water partition coefficient (Wildman–Crippen LogP) is 10.0. The minimum Gasteiger partial charge on any atom is -0.261 e. The summed E-state index contributed by atoms with van der Waals surface area (Å²) >= 11 is 0. The summed E-state index contributed by atoms with van der Waals surface area (Å²) in [7, 11) is 0. The van der Waals surface area contributed by atoms with Crippen molar-refractivity contribution in [3.8, 4) is 22.3 Å². The van der Waals surface area contributed by atoms with E-state index in [0.717, 1.165) is 28.0 Å². The third-order valence-electron chi connectivity index (χ3n) is 9.18. The van der Waals surface area contributed by atoms with Gasteiger partial charge in [-0.2, -0.15) is 0 Å². The molecule has 1 spiro atoms. The molecule has 0 aromatic heterocycles. The molecule has 0 atom stereocenters. The summed E-state index contributed by atoms with van der Waals surface area (Å²) in [6.07, 6.45) is 0. The maximum absolute atomic E-state index is 5.35. The SMILES string of the molecule is C=C(C)/C(=N\C(=N/Cc1ccccc1)c1ccccc1)c1cccc2c1-c1ccccc1C21c2ccccc2-c2ccccc21. The van der Waals surface area contributed by atoms with Crippen LogP contribution in [0.25, 0.3) is 22.3 Å². The van der Waals surface area contributed by atoms with Crippen molar-refractivity contribution in [1.82, 2.24) is 0 Å². The minimum atomic E-state index is -0.404. The largest absolute Gasteiger partial charge is 0.261 e. The van der Waals surface area contributed by atoms with Crippen LogP contribution in [0, 0.1) is 0 Å². The molecule has 8 rings (SSSR count). The molecule has 45 heavy (non-hydrogen) atoms. The number of aliphatic imine (C=N–C) groups is 2. The molecule has 0 amide bonds. The van der Waals surface area contributed by atoms with Gasteiger partial charge in [0.1, 0.15) is 0 Å². The third kappa shape index (κ3) is 4.17. The number of hydrogen-bond acceptors (Lipinski definition) is 1. The van der Waals surface area contributed by atoms with Crippen molar-refractivity contribution in [2.45, 2.75) is 18.9 Å². The van der Waals surface area contributed by atoms with E-state index in [2.05, 4.69) is 141 Å². The van der Waals surface area contributed by atoms with Gasteiger partial charge in [0.15, 0.2) is 5.84 Å². The van der Waals surface area contributed by atoms with Crippen LogP contribution in [0.1, 0.15) is 45.9 Å². The van der Waals surface area contributed by atoms with E-state index in [-0.39, 0.29) is 0 Å². The summed E-state index contributed by atoms with van der Waals surface area (Å²) in [6.45, 7) is 7.05. The number of allylic oxidation sites excluding steroid dienone is 1. The molecule has 2 heteroatoms. The zero-order valence-corrected chi connectivity index (χ0v) is 25.2. The van der Waals surface area contributed by atoms with Crippen molar-refractivity contribution in [2.24, 2.45) is 9.98 Å². The smallest absolute Gasteiger partial charge is 0.155 e. The van der Waals surface area contributed by atoms with Crippen molar-refractivity contribution < 1.29 is 0 Å². The lowest BCUT2D eigenvalue weighted by Crippen LogP contribution is -2.26. The second-order valence-corrected chi connectivity index (χ2v) is 11.8. The van der Waals surface area contributed by atoms with E-state index < -0.39 is 5.41 Å². The van der Waals surface area contributed by atoms with Gasteiger partial charge in [-0.1, -0.05) is 158 Å². The average molecular weight is 577 g/mol. The summed E-state index contributed by atoms with van der Waals surface area (Å²) in [5.74, 6) is 0.701. The lowest BCUT2D eigenvalue weighted by Gasteiger charge is -2.30.